The van der Waals surface area contributed by atoms with Gasteiger partial charge < -0.3 is 13.9 Å². The van der Waals surface area contributed by atoms with E-state index in [0.717, 1.165) is 5.56 Å². The molecule has 2 rings (SSSR count). The van der Waals surface area contributed by atoms with Crippen molar-refractivity contribution in [1.29, 1.82) is 0 Å². The predicted octanol–water partition coefficient (Wildman–Crippen LogP) is 2.45. The van der Waals surface area contributed by atoms with Gasteiger partial charge in [-0.3, -0.25) is 4.79 Å². The Kier molecular flexibility index (Phi) is 4.61. The lowest BCUT2D eigenvalue weighted by molar-refractivity contribution is 0.0927. The maximum atomic E-state index is 11.7. The van der Waals surface area contributed by atoms with Crippen molar-refractivity contribution in [1.82, 2.24) is 5.43 Å². The van der Waals surface area contributed by atoms with Crippen molar-refractivity contribution < 1.29 is 18.7 Å². The maximum Gasteiger partial charge on any atom is 0.307 e. The molecule has 0 unspecified atom stereocenters. The molecule has 6 nitrogen and oxygen atoms in total. The van der Waals surface area contributed by atoms with Crippen LogP contribution in [0.3, 0.4) is 0 Å². The first-order valence-corrected chi connectivity index (χ1v) is 6.26. The molecule has 0 fully saturated rings. The number of hydrogen-bond donors (Lipinski definition) is 1. The van der Waals surface area contributed by atoms with Crippen molar-refractivity contribution >= 4 is 11.6 Å². The van der Waals surface area contributed by atoms with Crippen LogP contribution in [0.5, 0.6) is 11.5 Å². The van der Waals surface area contributed by atoms with Gasteiger partial charge in [0.15, 0.2) is 17.3 Å². The summed E-state index contributed by atoms with van der Waals surface area (Å²) in [6.07, 6.45) is 1.43. The molecule has 21 heavy (non-hydrogen) atoms. The zero-order valence-electron chi connectivity index (χ0n) is 12.0. The maximum absolute atomic E-state index is 11.7. The van der Waals surface area contributed by atoms with Gasteiger partial charge in [-0.2, -0.15) is 5.10 Å². The summed E-state index contributed by atoms with van der Waals surface area (Å²) in [6.45, 7) is 1.78. The van der Waals surface area contributed by atoms with Gasteiger partial charge in [0.05, 0.1) is 26.2 Å². The van der Waals surface area contributed by atoms with Crippen molar-refractivity contribution in [3.63, 3.8) is 0 Å². The fourth-order valence-electron chi connectivity index (χ4n) is 1.72. The summed E-state index contributed by atoms with van der Waals surface area (Å²) in [4.78, 5) is 11.7. The van der Waals surface area contributed by atoms with Gasteiger partial charge in [0.25, 0.3) is 0 Å². The number of benzene rings is 1. The Morgan fingerprint density at radius 2 is 1.95 bits per heavy atom. The summed E-state index contributed by atoms with van der Waals surface area (Å²) in [6, 6.07) is 8.61. The molecule has 1 heterocycles. The van der Waals surface area contributed by atoms with Gasteiger partial charge in [-0.05, 0) is 37.3 Å². The average Bonchev–Trinajstić information content (AvgIpc) is 3.06. The average molecular weight is 288 g/mol. The predicted molar refractivity (Wildman–Crippen MR) is 77.9 cm³/mol. The Morgan fingerprint density at radius 1 is 1.19 bits per heavy atom. The zero-order chi connectivity index (χ0) is 15.2. The number of furan rings is 1. The number of nitrogens with one attached hydrogen (secondary N) is 1. The molecule has 6 heteroatoms. The van der Waals surface area contributed by atoms with E-state index in [9.17, 15) is 4.79 Å². The third-order valence-corrected chi connectivity index (χ3v) is 2.87. The standard InChI is InChI=1S/C15H16N2O4/c1-10(16-17-15(18)13-5-4-8-21-13)11-6-7-12(19-2)14(9-11)20-3/h4-9H,1-3H3,(H,17,18). The van der Waals surface area contributed by atoms with Crippen LogP contribution in [0.4, 0.5) is 0 Å². The number of rotatable bonds is 5. The second-order valence-corrected chi connectivity index (χ2v) is 4.19. The number of hydrogen-bond acceptors (Lipinski definition) is 5. The van der Waals surface area contributed by atoms with Gasteiger partial charge in [0, 0.05) is 5.56 Å². The van der Waals surface area contributed by atoms with Crippen molar-refractivity contribution in [2.24, 2.45) is 5.10 Å². The molecule has 0 saturated carbocycles. The molecule has 0 spiro atoms. The molecule has 0 aliphatic rings. The Balaban J connectivity index is 2.14. The highest BCUT2D eigenvalue weighted by Gasteiger charge is 2.09. The molecular weight excluding hydrogens is 272 g/mol. The van der Waals surface area contributed by atoms with Crippen LogP contribution in [-0.4, -0.2) is 25.8 Å². The van der Waals surface area contributed by atoms with Crippen LogP contribution in [0, 0.1) is 0 Å². The first kappa shape index (κ1) is 14.6. The smallest absolute Gasteiger partial charge is 0.307 e. The number of nitrogens with zero attached hydrogens (tertiary/aromatic N) is 1. The molecule has 0 aliphatic carbocycles. The van der Waals surface area contributed by atoms with Crippen LogP contribution in [0.1, 0.15) is 23.0 Å². The number of methoxy groups -OCH3 is 2. The lowest BCUT2D eigenvalue weighted by Crippen LogP contribution is -2.18. The molecule has 1 amide bonds. The monoisotopic (exact) mass is 288 g/mol. The van der Waals surface area contributed by atoms with E-state index in [4.69, 9.17) is 13.9 Å². The fraction of sp³-hybridized carbons (Fsp3) is 0.200. The van der Waals surface area contributed by atoms with E-state index in [1.165, 1.54) is 6.26 Å². The van der Waals surface area contributed by atoms with Gasteiger partial charge in [-0.1, -0.05) is 0 Å². The molecular formula is C15H16N2O4. The van der Waals surface area contributed by atoms with Gasteiger partial charge in [0.1, 0.15) is 0 Å². The van der Waals surface area contributed by atoms with Crippen LogP contribution in [0.2, 0.25) is 0 Å². The summed E-state index contributed by atoms with van der Waals surface area (Å²) in [5.74, 6) is 1.04. The second kappa shape index (κ2) is 6.60. The highest BCUT2D eigenvalue weighted by Crippen LogP contribution is 2.27. The molecule has 2 aromatic rings. The number of amides is 1. The minimum Gasteiger partial charge on any atom is -0.493 e. The molecule has 0 atom stereocenters. The van der Waals surface area contributed by atoms with Gasteiger partial charge in [-0.25, -0.2) is 5.43 Å². The van der Waals surface area contributed by atoms with Crippen molar-refractivity contribution in [3.05, 3.63) is 47.9 Å². The van der Waals surface area contributed by atoms with E-state index >= 15 is 0 Å². The third kappa shape index (κ3) is 3.42. The Hall–Kier alpha value is -2.76. The Morgan fingerprint density at radius 3 is 2.57 bits per heavy atom. The Bertz CT molecular complexity index is 648. The topological polar surface area (TPSA) is 73.1 Å². The second-order valence-electron chi connectivity index (χ2n) is 4.19. The van der Waals surface area contributed by atoms with Crippen LogP contribution in [0.25, 0.3) is 0 Å². The quantitative estimate of drug-likeness (QED) is 0.677. The van der Waals surface area contributed by atoms with Crippen molar-refractivity contribution in [2.75, 3.05) is 14.2 Å². The highest BCUT2D eigenvalue weighted by atomic mass is 16.5. The molecule has 110 valence electrons. The molecule has 0 aliphatic heterocycles. The van der Waals surface area contributed by atoms with Crippen molar-refractivity contribution in [2.45, 2.75) is 6.92 Å². The number of carbonyl (C=O) groups is 1. The molecule has 0 radical (unpaired) electrons. The summed E-state index contributed by atoms with van der Waals surface area (Å²) in [5.41, 5.74) is 3.88. The zero-order valence-corrected chi connectivity index (χ0v) is 12.0. The van der Waals surface area contributed by atoms with Crippen LogP contribution < -0.4 is 14.9 Å². The molecule has 1 aromatic carbocycles. The van der Waals surface area contributed by atoms with Crippen LogP contribution >= 0.6 is 0 Å². The van der Waals surface area contributed by atoms with E-state index in [1.807, 2.05) is 6.07 Å². The minimum absolute atomic E-state index is 0.207. The molecule has 0 saturated heterocycles. The summed E-state index contributed by atoms with van der Waals surface area (Å²) in [7, 11) is 3.13. The molecule has 1 N–H and O–H groups in total. The lowest BCUT2D eigenvalue weighted by atomic mass is 10.1. The SMILES string of the molecule is COc1ccc(C(C)=NNC(=O)c2ccco2)cc1OC. The first-order chi connectivity index (χ1) is 10.2. The largest absolute Gasteiger partial charge is 0.493 e. The van der Waals surface area contributed by atoms with Crippen LogP contribution in [0.15, 0.2) is 46.1 Å². The summed E-state index contributed by atoms with van der Waals surface area (Å²) < 4.78 is 15.4. The minimum atomic E-state index is -0.403. The number of hydrazone groups is 1. The highest BCUT2D eigenvalue weighted by molar-refractivity contribution is 6.00. The van der Waals surface area contributed by atoms with E-state index in [0.29, 0.717) is 17.2 Å². The van der Waals surface area contributed by atoms with E-state index in [1.54, 1.807) is 45.4 Å². The van der Waals surface area contributed by atoms with E-state index in [-0.39, 0.29) is 5.76 Å². The number of carbonyl (C=O) groups excluding carboxylic acids is 1. The molecule has 1 aromatic heterocycles. The Labute approximate surface area is 122 Å². The number of ether oxygens (including phenoxy) is 2. The van der Waals surface area contributed by atoms with Crippen molar-refractivity contribution in [3.8, 4) is 11.5 Å². The normalized spacial score (nSPS) is 11.1. The van der Waals surface area contributed by atoms with Gasteiger partial charge in [-0.15, -0.1) is 0 Å². The summed E-state index contributed by atoms with van der Waals surface area (Å²) in [5, 5.41) is 4.04. The fourth-order valence-corrected chi connectivity index (χ4v) is 1.72. The molecule has 0 bridgehead atoms. The van der Waals surface area contributed by atoms with Gasteiger partial charge >= 0.3 is 5.91 Å². The van der Waals surface area contributed by atoms with E-state index < -0.39 is 5.91 Å². The van der Waals surface area contributed by atoms with Crippen LogP contribution in [-0.2, 0) is 0 Å². The van der Waals surface area contributed by atoms with E-state index in [2.05, 4.69) is 10.5 Å². The van der Waals surface area contributed by atoms with Gasteiger partial charge in [0.2, 0.25) is 0 Å². The third-order valence-electron chi connectivity index (χ3n) is 2.87. The summed E-state index contributed by atoms with van der Waals surface area (Å²) >= 11 is 0. The first-order valence-electron chi connectivity index (χ1n) is 6.26. The lowest BCUT2D eigenvalue weighted by Gasteiger charge is -2.09.